The van der Waals surface area contributed by atoms with Crippen molar-refractivity contribution < 1.29 is 9.26 Å². The second-order valence-electron chi connectivity index (χ2n) is 4.84. The standard InChI is InChI=1S/C16H18N2O2/c1-3-4-5-14-15(18-8-10-19-11-9-18)7-6-13-12(2)17-20-16(13)14/h3,5-7H,8-11H2,1-2H3. The molecule has 0 bridgehead atoms. The number of ether oxygens (including phenoxy) is 1. The summed E-state index contributed by atoms with van der Waals surface area (Å²) in [4.78, 5) is 2.32. The lowest BCUT2D eigenvalue weighted by molar-refractivity contribution is 0.122. The van der Waals surface area contributed by atoms with E-state index in [9.17, 15) is 0 Å². The number of nitrogens with zero attached hydrogens (tertiary/aromatic N) is 2. The molecule has 0 amide bonds. The summed E-state index contributed by atoms with van der Waals surface area (Å²) in [6.45, 7) is 7.24. The molecule has 4 heteroatoms. The van der Waals surface area contributed by atoms with Gasteiger partial charge >= 0.3 is 0 Å². The van der Waals surface area contributed by atoms with E-state index in [-0.39, 0.29) is 0 Å². The van der Waals surface area contributed by atoms with Crippen molar-refractivity contribution in [1.29, 1.82) is 0 Å². The number of benzene rings is 1. The SMILES string of the molecule is CC=C=Cc1c(N2CCOCC2)ccc2c(C)noc12. The molecule has 1 aromatic heterocycles. The van der Waals surface area contributed by atoms with Crippen LogP contribution < -0.4 is 4.90 Å². The fourth-order valence-electron chi connectivity index (χ4n) is 2.52. The van der Waals surface area contributed by atoms with E-state index in [1.807, 2.05) is 26.0 Å². The monoisotopic (exact) mass is 270 g/mol. The van der Waals surface area contributed by atoms with Gasteiger partial charge in [0, 0.05) is 24.2 Å². The van der Waals surface area contributed by atoms with E-state index in [1.165, 1.54) is 0 Å². The highest BCUT2D eigenvalue weighted by Crippen LogP contribution is 2.32. The lowest BCUT2D eigenvalue weighted by Crippen LogP contribution is -2.36. The van der Waals surface area contributed by atoms with E-state index in [1.54, 1.807) is 0 Å². The number of anilines is 1. The zero-order chi connectivity index (χ0) is 13.9. The van der Waals surface area contributed by atoms with Gasteiger partial charge < -0.3 is 14.2 Å². The quantitative estimate of drug-likeness (QED) is 0.786. The number of hydrogen-bond acceptors (Lipinski definition) is 4. The molecule has 1 aliphatic rings. The number of fused-ring (bicyclic) bond motifs is 1. The van der Waals surface area contributed by atoms with Gasteiger partial charge in [-0.05, 0) is 38.1 Å². The molecule has 2 heterocycles. The summed E-state index contributed by atoms with van der Waals surface area (Å²) in [5.41, 5.74) is 7.11. The van der Waals surface area contributed by atoms with Gasteiger partial charge in [0.05, 0.1) is 24.5 Å². The minimum Gasteiger partial charge on any atom is -0.378 e. The molecule has 1 fully saturated rings. The summed E-state index contributed by atoms with van der Waals surface area (Å²) in [6, 6.07) is 4.22. The largest absolute Gasteiger partial charge is 0.378 e. The van der Waals surface area contributed by atoms with Crippen LogP contribution in [0.1, 0.15) is 18.2 Å². The number of allylic oxidation sites excluding steroid dienone is 1. The van der Waals surface area contributed by atoms with Crippen molar-refractivity contribution in [3.63, 3.8) is 0 Å². The molecule has 0 atom stereocenters. The molecule has 4 nitrogen and oxygen atoms in total. The Morgan fingerprint density at radius 1 is 1.30 bits per heavy atom. The van der Waals surface area contributed by atoms with Gasteiger partial charge in [-0.25, -0.2) is 0 Å². The fourth-order valence-corrected chi connectivity index (χ4v) is 2.52. The molecule has 0 N–H and O–H groups in total. The predicted molar refractivity (Wildman–Crippen MR) is 80.0 cm³/mol. The van der Waals surface area contributed by atoms with E-state index in [2.05, 4.69) is 27.9 Å². The van der Waals surface area contributed by atoms with E-state index >= 15 is 0 Å². The minimum absolute atomic E-state index is 0.764. The van der Waals surface area contributed by atoms with Crippen LogP contribution in [0.5, 0.6) is 0 Å². The highest BCUT2D eigenvalue weighted by atomic mass is 16.5. The molecule has 0 radical (unpaired) electrons. The summed E-state index contributed by atoms with van der Waals surface area (Å²) < 4.78 is 10.9. The molecule has 3 rings (SSSR count). The van der Waals surface area contributed by atoms with E-state index in [0.29, 0.717) is 0 Å². The summed E-state index contributed by atoms with van der Waals surface area (Å²) in [6.07, 6.45) is 3.86. The molecule has 0 spiro atoms. The normalized spacial score (nSPS) is 15.2. The van der Waals surface area contributed by atoms with Crippen LogP contribution >= 0.6 is 0 Å². The first-order valence-electron chi connectivity index (χ1n) is 6.90. The lowest BCUT2D eigenvalue weighted by Gasteiger charge is -2.30. The lowest BCUT2D eigenvalue weighted by atomic mass is 10.1. The Kier molecular flexibility index (Phi) is 3.59. The number of aryl methyl sites for hydroxylation is 1. The van der Waals surface area contributed by atoms with Gasteiger partial charge in [-0.15, -0.1) is 5.73 Å². The van der Waals surface area contributed by atoms with Crippen LogP contribution in [0.25, 0.3) is 17.0 Å². The number of hydrogen-bond donors (Lipinski definition) is 0. The second-order valence-corrected chi connectivity index (χ2v) is 4.84. The highest BCUT2D eigenvalue weighted by molar-refractivity contribution is 5.93. The smallest absolute Gasteiger partial charge is 0.177 e. The highest BCUT2D eigenvalue weighted by Gasteiger charge is 2.18. The first-order valence-corrected chi connectivity index (χ1v) is 6.90. The summed E-state index contributed by atoms with van der Waals surface area (Å²) in [5, 5.41) is 5.14. The van der Waals surface area contributed by atoms with Gasteiger partial charge in [0.2, 0.25) is 0 Å². The van der Waals surface area contributed by atoms with Gasteiger partial charge in [-0.1, -0.05) is 5.16 Å². The maximum atomic E-state index is 5.52. The minimum atomic E-state index is 0.764. The maximum absolute atomic E-state index is 5.52. The van der Waals surface area contributed by atoms with Gasteiger partial charge in [-0.2, -0.15) is 0 Å². The van der Waals surface area contributed by atoms with Crippen LogP contribution in [0.3, 0.4) is 0 Å². The fraction of sp³-hybridized carbons (Fsp3) is 0.375. The van der Waals surface area contributed by atoms with E-state index in [4.69, 9.17) is 9.26 Å². The van der Waals surface area contributed by atoms with Gasteiger partial charge in [0.15, 0.2) is 5.58 Å². The molecular formula is C16H18N2O2. The van der Waals surface area contributed by atoms with Crippen LogP contribution in [0, 0.1) is 6.92 Å². The number of morpholine rings is 1. The Labute approximate surface area is 118 Å². The van der Waals surface area contributed by atoms with Crippen LogP contribution in [-0.2, 0) is 4.74 Å². The Morgan fingerprint density at radius 2 is 2.10 bits per heavy atom. The summed E-state index contributed by atoms with van der Waals surface area (Å²) >= 11 is 0. The van der Waals surface area contributed by atoms with Crippen LogP contribution in [0.2, 0.25) is 0 Å². The third-order valence-corrected chi connectivity index (χ3v) is 3.58. The van der Waals surface area contributed by atoms with E-state index < -0.39 is 0 Å². The first-order chi connectivity index (χ1) is 9.81. The van der Waals surface area contributed by atoms with Crippen molar-refractivity contribution in [2.75, 3.05) is 31.2 Å². The van der Waals surface area contributed by atoms with Crippen LogP contribution in [0.15, 0.2) is 28.5 Å². The molecule has 20 heavy (non-hydrogen) atoms. The summed E-state index contributed by atoms with van der Waals surface area (Å²) in [5.74, 6) is 0. The number of rotatable bonds is 2. The van der Waals surface area contributed by atoms with Crippen molar-refractivity contribution in [3.8, 4) is 0 Å². The maximum Gasteiger partial charge on any atom is 0.177 e. The zero-order valence-electron chi connectivity index (χ0n) is 11.8. The Hall–Kier alpha value is -2.03. The van der Waals surface area contributed by atoms with Crippen molar-refractivity contribution in [2.24, 2.45) is 0 Å². The van der Waals surface area contributed by atoms with Crippen LogP contribution in [-0.4, -0.2) is 31.5 Å². The topological polar surface area (TPSA) is 38.5 Å². The zero-order valence-corrected chi connectivity index (χ0v) is 11.8. The number of aromatic nitrogens is 1. The second kappa shape index (κ2) is 5.53. The van der Waals surface area contributed by atoms with Gasteiger partial charge in [0.25, 0.3) is 0 Å². The predicted octanol–water partition coefficient (Wildman–Crippen LogP) is 3.16. The van der Waals surface area contributed by atoms with E-state index in [0.717, 1.165) is 54.2 Å². The molecule has 1 aromatic carbocycles. The molecule has 1 saturated heterocycles. The van der Waals surface area contributed by atoms with Gasteiger partial charge in [-0.3, -0.25) is 0 Å². The molecule has 2 aromatic rings. The van der Waals surface area contributed by atoms with Crippen molar-refractivity contribution in [2.45, 2.75) is 13.8 Å². The van der Waals surface area contributed by atoms with Crippen molar-refractivity contribution in [1.82, 2.24) is 5.16 Å². The average molecular weight is 270 g/mol. The van der Waals surface area contributed by atoms with Crippen molar-refractivity contribution >= 4 is 22.7 Å². The molecule has 0 unspecified atom stereocenters. The Morgan fingerprint density at radius 3 is 2.85 bits per heavy atom. The molecule has 104 valence electrons. The summed E-state index contributed by atoms with van der Waals surface area (Å²) in [7, 11) is 0. The average Bonchev–Trinajstić information content (AvgIpc) is 2.87. The Bertz CT molecular complexity index is 675. The van der Waals surface area contributed by atoms with Gasteiger partial charge in [0.1, 0.15) is 0 Å². The third-order valence-electron chi connectivity index (χ3n) is 3.58. The first kappa shape index (κ1) is 13.0. The molecule has 1 aliphatic heterocycles. The Balaban J connectivity index is 2.17. The molecule has 0 saturated carbocycles. The third kappa shape index (κ3) is 2.24. The molecular weight excluding hydrogens is 252 g/mol. The van der Waals surface area contributed by atoms with Crippen molar-refractivity contribution in [3.05, 3.63) is 35.2 Å². The van der Waals surface area contributed by atoms with Crippen LogP contribution in [0.4, 0.5) is 5.69 Å². The molecule has 0 aliphatic carbocycles.